The van der Waals surface area contributed by atoms with Crippen LogP contribution in [0.2, 0.25) is 0 Å². The topological polar surface area (TPSA) is 12.5 Å². The van der Waals surface area contributed by atoms with E-state index in [2.05, 4.69) is 20.8 Å². The summed E-state index contributed by atoms with van der Waals surface area (Å²) in [6, 6.07) is 8.16. The van der Waals surface area contributed by atoms with Gasteiger partial charge in [-0.25, -0.2) is 0 Å². The Bertz CT molecular complexity index is 357. The molecule has 16 heavy (non-hydrogen) atoms. The fourth-order valence-electron chi connectivity index (χ4n) is 2.73. The fourth-order valence-corrected chi connectivity index (χ4v) is 3.00. The molecule has 2 nitrogen and oxygen atoms in total. The predicted molar refractivity (Wildman–Crippen MR) is 67.7 cm³/mol. The molecule has 3 aliphatic heterocycles. The second-order valence-electron chi connectivity index (χ2n) is 4.75. The normalized spacial score (nSPS) is 32.7. The van der Waals surface area contributed by atoms with Crippen molar-refractivity contribution < 1.29 is 4.74 Å². The SMILES string of the molecule is Brc1ccc(O[C@@H]2CN3CCC2CC3)cc1. The molecule has 4 rings (SSSR count). The maximum Gasteiger partial charge on any atom is 0.119 e. The summed E-state index contributed by atoms with van der Waals surface area (Å²) in [5.41, 5.74) is 0. The Hall–Kier alpha value is -0.540. The van der Waals surface area contributed by atoms with Crippen molar-refractivity contribution >= 4 is 15.9 Å². The van der Waals surface area contributed by atoms with E-state index >= 15 is 0 Å². The van der Waals surface area contributed by atoms with Crippen molar-refractivity contribution in [2.24, 2.45) is 5.92 Å². The van der Waals surface area contributed by atoms with Crippen molar-refractivity contribution in [1.82, 2.24) is 4.90 Å². The van der Waals surface area contributed by atoms with Gasteiger partial charge in [-0.3, -0.25) is 4.90 Å². The highest BCUT2D eigenvalue weighted by molar-refractivity contribution is 9.10. The van der Waals surface area contributed by atoms with Crippen LogP contribution in [0, 0.1) is 5.92 Å². The molecule has 1 aromatic carbocycles. The lowest BCUT2D eigenvalue weighted by Crippen LogP contribution is -2.52. The van der Waals surface area contributed by atoms with Crippen LogP contribution in [0.15, 0.2) is 28.7 Å². The minimum absolute atomic E-state index is 0.406. The van der Waals surface area contributed by atoms with Gasteiger partial charge in [-0.15, -0.1) is 0 Å². The highest BCUT2D eigenvalue weighted by Gasteiger charge is 2.35. The summed E-state index contributed by atoms with van der Waals surface area (Å²) in [4.78, 5) is 2.52. The number of benzene rings is 1. The first-order valence-corrected chi connectivity index (χ1v) is 6.75. The molecular weight excluding hydrogens is 266 g/mol. The molecule has 3 aliphatic rings. The Balaban J connectivity index is 1.68. The zero-order valence-corrected chi connectivity index (χ0v) is 10.8. The third-order valence-corrected chi connectivity index (χ3v) is 4.23. The van der Waals surface area contributed by atoms with Crippen LogP contribution in [0.25, 0.3) is 0 Å². The zero-order valence-electron chi connectivity index (χ0n) is 9.23. The molecule has 0 amide bonds. The average Bonchev–Trinajstić information content (AvgIpc) is 2.34. The van der Waals surface area contributed by atoms with Gasteiger partial charge in [-0.05, 0) is 56.1 Å². The van der Waals surface area contributed by atoms with Gasteiger partial charge in [0, 0.05) is 11.0 Å². The summed E-state index contributed by atoms with van der Waals surface area (Å²) < 4.78 is 7.19. The van der Waals surface area contributed by atoms with Crippen LogP contribution in [0.4, 0.5) is 0 Å². The third-order valence-electron chi connectivity index (χ3n) is 3.70. The first-order chi connectivity index (χ1) is 7.81. The lowest BCUT2D eigenvalue weighted by atomic mass is 9.86. The number of nitrogens with zero attached hydrogens (tertiary/aromatic N) is 1. The highest BCUT2D eigenvalue weighted by atomic mass is 79.9. The first-order valence-electron chi connectivity index (χ1n) is 5.96. The Morgan fingerprint density at radius 2 is 1.81 bits per heavy atom. The van der Waals surface area contributed by atoms with Crippen molar-refractivity contribution in [3.05, 3.63) is 28.7 Å². The number of hydrogen-bond acceptors (Lipinski definition) is 2. The van der Waals surface area contributed by atoms with Crippen LogP contribution in [0.5, 0.6) is 5.75 Å². The molecule has 3 heterocycles. The Morgan fingerprint density at radius 3 is 2.38 bits per heavy atom. The molecule has 0 aliphatic carbocycles. The summed E-state index contributed by atoms with van der Waals surface area (Å²) in [5.74, 6) is 1.77. The van der Waals surface area contributed by atoms with E-state index in [0.717, 1.165) is 22.7 Å². The van der Waals surface area contributed by atoms with Gasteiger partial charge in [0.25, 0.3) is 0 Å². The number of rotatable bonds is 2. The Morgan fingerprint density at radius 1 is 1.12 bits per heavy atom. The molecule has 1 atom stereocenters. The van der Waals surface area contributed by atoms with Crippen LogP contribution in [0.1, 0.15) is 12.8 Å². The lowest BCUT2D eigenvalue weighted by molar-refractivity contribution is -0.00776. The van der Waals surface area contributed by atoms with E-state index in [0.29, 0.717) is 6.10 Å². The van der Waals surface area contributed by atoms with E-state index in [-0.39, 0.29) is 0 Å². The number of piperidine rings is 3. The van der Waals surface area contributed by atoms with E-state index in [1.165, 1.54) is 25.9 Å². The molecule has 2 bridgehead atoms. The van der Waals surface area contributed by atoms with Crippen LogP contribution in [-0.4, -0.2) is 30.6 Å². The summed E-state index contributed by atoms with van der Waals surface area (Å²) in [6.45, 7) is 3.65. The second kappa shape index (κ2) is 4.38. The van der Waals surface area contributed by atoms with Gasteiger partial charge in [0.05, 0.1) is 0 Å². The van der Waals surface area contributed by atoms with E-state index in [1.54, 1.807) is 0 Å². The van der Waals surface area contributed by atoms with E-state index < -0.39 is 0 Å². The molecule has 0 radical (unpaired) electrons. The van der Waals surface area contributed by atoms with Gasteiger partial charge in [0.2, 0.25) is 0 Å². The van der Waals surface area contributed by atoms with E-state index in [9.17, 15) is 0 Å². The van der Waals surface area contributed by atoms with Gasteiger partial charge >= 0.3 is 0 Å². The largest absolute Gasteiger partial charge is 0.489 e. The van der Waals surface area contributed by atoms with Crippen LogP contribution < -0.4 is 4.74 Å². The van der Waals surface area contributed by atoms with Crippen molar-refractivity contribution in [2.75, 3.05) is 19.6 Å². The van der Waals surface area contributed by atoms with E-state index in [4.69, 9.17) is 4.74 Å². The van der Waals surface area contributed by atoms with Crippen molar-refractivity contribution in [2.45, 2.75) is 18.9 Å². The summed E-state index contributed by atoms with van der Waals surface area (Å²) in [6.07, 6.45) is 3.02. The van der Waals surface area contributed by atoms with Gasteiger partial charge in [0.15, 0.2) is 0 Å². The molecule has 1 aromatic rings. The fraction of sp³-hybridized carbons (Fsp3) is 0.538. The molecule has 86 valence electrons. The number of ether oxygens (including phenoxy) is 1. The van der Waals surface area contributed by atoms with Crippen molar-refractivity contribution in [3.8, 4) is 5.75 Å². The monoisotopic (exact) mass is 281 g/mol. The average molecular weight is 282 g/mol. The van der Waals surface area contributed by atoms with Gasteiger partial charge in [0.1, 0.15) is 11.9 Å². The molecule has 0 aromatic heterocycles. The van der Waals surface area contributed by atoms with Crippen molar-refractivity contribution in [1.29, 1.82) is 0 Å². The van der Waals surface area contributed by atoms with Gasteiger partial charge in [-0.1, -0.05) is 15.9 Å². The number of hydrogen-bond donors (Lipinski definition) is 0. The predicted octanol–water partition coefficient (Wildman–Crippen LogP) is 2.92. The quantitative estimate of drug-likeness (QED) is 0.827. The van der Waals surface area contributed by atoms with E-state index in [1.807, 2.05) is 24.3 Å². The highest BCUT2D eigenvalue weighted by Crippen LogP contribution is 2.30. The maximum atomic E-state index is 6.08. The zero-order chi connectivity index (χ0) is 11.0. The number of fused-ring (bicyclic) bond motifs is 3. The number of halogens is 1. The molecular formula is C13H16BrNO. The Kier molecular flexibility index (Phi) is 2.90. The van der Waals surface area contributed by atoms with Crippen molar-refractivity contribution in [3.63, 3.8) is 0 Å². The van der Waals surface area contributed by atoms with Gasteiger partial charge < -0.3 is 4.74 Å². The third kappa shape index (κ3) is 2.11. The van der Waals surface area contributed by atoms with Crippen LogP contribution in [-0.2, 0) is 0 Å². The summed E-state index contributed by atoms with van der Waals surface area (Å²) in [5, 5.41) is 0. The second-order valence-corrected chi connectivity index (χ2v) is 5.66. The molecule has 0 unspecified atom stereocenters. The van der Waals surface area contributed by atoms with Crippen LogP contribution in [0.3, 0.4) is 0 Å². The molecule has 3 fully saturated rings. The summed E-state index contributed by atoms with van der Waals surface area (Å²) >= 11 is 3.44. The minimum atomic E-state index is 0.406. The summed E-state index contributed by atoms with van der Waals surface area (Å²) in [7, 11) is 0. The minimum Gasteiger partial charge on any atom is -0.489 e. The van der Waals surface area contributed by atoms with Crippen LogP contribution >= 0.6 is 15.9 Å². The lowest BCUT2D eigenvalue weighted by Gasteiger charge is -2.44. The molecule has 3 heteroatoms. The molecule has 0 spiro atoms. The van der Waals surface area contributed by atoms with Gasteiger partial charge in [-0.2, -0.15) is 0 Å². The first kappa shape index (κ1) is 10.6. The smallest absolute Gasteiger partial charge is 0.119 e. The Labute approximate surface area is 105 Å². The standard InChI is InChI=1S/C13H16BrNO/c14-11-1-3-12(4-2-11)16-13-9-15-7-5-10(13)6-8-15/h1-4,10,13H,5-9H2/t13-/m1/s1. The molecule has 0 N–H and O–H groups in total. The molecule has 3 saturated heterocycles. The maximum absolute atomic E-state index is 6.08. The molecule has 0 saturated carbocycles.